The van der Waals surface area contributed by atoms with Crippen molar-refractivity contribution >= 4 is 22.0 Å². The van der Waals surface area contributed by atoms with Crippen LogP contribution in [0.3, 0.4) is 0 Å². The van der Waals surface area contributed by atoms with Gasteiger partial charge in [0.2, 0.25) is 5.91 Å². The molecule has 0 atom stereocenters. The number of piperidine rings is 1. The molecule has 1 aliphatic heterocycles. The van der Waals surface area contributed by atoms with Gasteiger partial charge in [0.1, 0.15) is 0 Å². The van der Waals surface area contributed by atoms with Crippen LogP contribution in [0, 0.1) is 0 Å². The highest BCUT2D eigenvalue weighted by molar-refractivity contribution is 7.90. The molecule has 9 heteroatoms. The summed E-state index contributed by atoms with van der Waals surface area (Å²) >= 11 is 0. The van der Waals surface area contributed by atoms with Crippen molar-refractivity contribution in [1.82, 2.24) is 20.5 Å². The van der Waals surface area contributed by atoms with Crippen LogP contribution in [-0.4, -0.2) is 45.0 Å². The number of carbonyl (C=O) groups is 2. The number of urea groups is 1. The summed E-state index contributed by atoms with van der Waals surface area (Å²) in [5, 5.41) is 4.40. The van der Waals surface area contributed by atoms with Crippen molar-refractivity contribution in [3.63, 3.8) is 0 Å². The van der Waals surface area contributed by atoms with E-state index >= 15 is 0 Å². The Hall–Kier alpha value is -2.13. The van der Waals surface area contributed by atoms with E-state index in [1.54, 1.807) is 17.1 Å². The van der Waals surface area contributed by atoms with Crippen LogP contribution >= 0.6 is 0 Å². The quantitative estimate of drug-likeness (QED) is 0.687. The Kier molecular flexibility index (Phi) is 6.77. The number of amides is 3. The molecule has 0 aliphatic carbocycles. The Labute approximate surface area is 148 Å². The first kappa shape index (κ1) is 19.2. The topological polar surface area (TPSA) is 108 Å². The van der Waals surface area contributed by atoms with Gasteiger partial charge in [0.25, 0.3) is 10.0 Å². The maximum absolute atomic E-state index is 12.3. The maximum Gasteiger partial charge on any atom is 0.343 e. The molecular formula is C16H24N4O4S. The van der Waals surface area contributed by atoms with E-state index in [1.807, 2.05) is 4.72 Å². The van der Waals surface area contributed by atoms with Crippen LogP contribution in [0.5, 0.6) is 0 Å². The molecule has 1 aromatic carbocycles. The van der Waals surface area contributed by atoms with Gasteiger partial charge in [-0.1, -0.05) is 18.6 Å². The monoisotopic (exact) mass is 368 g/mol. The van der Waals surface area contributed by atoms with Gasteiger partial charge in [0.05, 0.1) is 4.90 Å². The van der Waals surface area contributed by atoms with Crippen LogP contribution in [-0.2, 0) is 21.2 Å². The maximum atomic E-state index is 12.3. The third-order valence-electron chi connectivity index (χ3n) is 3.86. The van der Waals surface area contributed by atoms with Crippen LogP contribution in [0.1, 0.15) is 31.7 Å². The fraction of sp³-hybridized carbons (Fsp3) is 0.500. The lowest BCUT2D eigenvalue weighted by Gasteiger charge is -2.26. The number of hydrogen-bond acceptors (Lipinski definition) is 5. The summed E-state index contributed by atoms with van der Waals surface area (Å²) in [5.41, 5.74) is 3.45. The Bertz CT molecular complexity index is 697. The van der Waals surface area contributed by atoms with E-state index in [4.69, 9.17) is 0 Å². The molecular weight excluding hydrogens is 344 g/mol. The molecule has 2 rings (SSSR count). The number of hydrogen-bond donors (Lipinski definition) is 3. The molecule has 0 spiro atoms. The molecule has 8 nitrogen and oxygen atoms in total. The first-order chi connectivity index (χ1) is 11.9. The molecule has 1 aromatic rings. The molecule has 0 saturated carbocycles. The predicted octanol–water partition coefficient (Wildman–Crippen LogP) is 0.754. The predicted molar refractivity (Wildman–Crippen MR) is 93.1 cm³/mol. The highest BCUT2D eigenvalue weighted by Crippen LogP contribution is 2.11. The van der Waals surface area contributed by atoms with Crippen molar-refractivity contribution in [1.29, 1.82) is 0 Å². The second kappa shape index (κ2) is 8.82. The van der Waals surface area contributed by atoms with Gasteiger partial charge in [0.15, 0.2) is 0 Å². The summed E-state index contributed by atoms with van der Waals surface area (Å²) in [6.07, 6.45) is 3.68. The molecule has 1 heterocycles. The van der Waals surface area contributed by atoms with Crippen LogP contribution in [0.15, 0.2) is 29.2 Å². The average Bonchev–Trinajstić information content (AvgIpc) is 2.55. The molecule has 138 valence electrons. The van der Waals surface area contributed by atoms with Gasteiger partial charge in [-0.3, -0.25) is 10.2 Å². The minimum absolute atomic E-state index is 0.0181. The lowest BCUT2D eigenvalue weighted by molar-refractivity contribution is -0.118. The van der Waals surface area contributed by atoms with E-state index in [0.29, 0.717) is 13.0 Å². The van der Waals surface area contributed by atoms with E-state index in [1.165, 1.54) is 19.1 Å². The second-order valence-corrected chi connectivity index (χ2v) is 7.65. The number of nitrogens with zero attached hydrogens (tertiary/aromatic N) is 1. The number of nitrogens with one attached hydrogen (secondary N) is 3. The molecule has 1 aliphatic rings. The summed E-state index contributed by atoms with van der Waals surface area (Å²) in [7, 11) is -3.92. The Morgan fingerprint density at radius 3 is 2.32 bits per heavy atom. The standard InChI is InChI=1S/C16H24N4O4S/c1-13(21)17-10-9-14-5-7-15(8-6-14)25(23,24)19-16(22)18-20-11-3-2-4-12-20/h5-8H,2-4,9-12H2,1H3,(H,17,21)(H2,18,19,22). The van der Waals surface area contributed by atoms with E-state index in [2.05, 4.69) is 10.7 Å². The molecule has 0 radical (unpaired) electrons. The van der Waals surface area contributed by atoms with Crippen LogP contribution < -0.4 is 15.5 Å². The smallest absolute Gasteiger partial charge is 0.343 e. The summed E-state index contributed by atoms with van der Waals surface area (Å²) in [6.45, 7) is 3.36. The fourth-order valence-corrected chi connectivity index (χ4v) is 3.47. The van der Waals surface area contributed by atoms with Crippen molar-refractivity contribution in [3.05, 3.63) is 29.8 Å². The Morgan fingerprint density at radius 1 is 1.08 bits per heavy atom. The molecule has 3 N–H and O–H groups in total. The van der Waals surface area contributed by atoms with Gasteiger partial charge in [-0.2, -0.15) is 0 Å². The molecule has 1 saturated heterocycles. The molecule has 3 amide bonds. The molecule has 0 unspecified atom stereocenters. The van der Waals surface area contributed by atoms with Crippen molar-refractivity contribution in [3.8, 4) is 0 Å². The number of benzene rings is 1. The fourth-order valence-electron chi connectivity index (χ4n) is 2.57. The van der Waals surface area contributed by atoms with Crippen molar-refractivity contribution in [2.75, 3.05) is 19.6 Å². The number of hydrazine groups is 1. The van der Waals surface area contributed by atoms with Gasteiger partial charge in [-0.25, -0.2) is 22.9 Å². The van der Waals surface area contributed by atoms with Crippen molar-refractivity contribution < 1.29 is 18.0 Å². The van der Waals surface area contributed by atoms with Crippen LogP contribution in [0.2, 0.25) is 0 Å². The third-order valence-corrected chi connectivity index (χ3v) is 5.21. The minimum atomic E-state index is -3.92. The SMILES string of the molecule is CC(=O)NCCc1ccc(S(=O)(=O)NC(=O)NN2CCCCC2)cc1. The van der Waals surface area contributed by atoms with Gasteiger partial charge >= 0.3 is 6.03 Å². The van der Waals surface area contributed by atoms with E-state index in [0.717, 1.165) is 37.9 Å². The summed E-state index contributed by atoms with van der Waals surface area (Å²) in [5.74, 6) is -0.108. The lowest BCUT2D eigenvalue weighted by Crippen LogP contribution is -2.50. The highest BCUT2D eigenvalue weighted by atomic mass is 32.2. The van der Waals surface area contributed by atoms with E-state index in [-0.39, 0.29) is 10.8 Å². The van der Waals surface area contributed by atoms with Crippen LogP contribution in [0.4, 0.5) is 4.79 Å². The zero-order chi connectivity index (χ0) is 18.3. The normalized spacial score (nSPS) is 15.4. The second-order valence-electron chi connectivity index (χ2n) is 5.97. The van der Waals surface area contributed by atoms with Gasteiger partial charge < -0.3 is 5.32 Å². The summed E-state index contributed by atoms with van der Waals surface area (Å²) in [6, 6.07) is 5.47. The number of sulfonamides is 1. The molecule has 1 fully saturated rings. The molecule has 0 aromatic heterocycles. The van der Waals surface area contributed by atoms with Gasteiger partial charge in [-0.15, -0.1) is 0 Å². The number of carbonyl (C=O) groups excluding carboxylic acids is 2. The number of rotatable bonds is 6. The Morgan fingerprint density at radius 2 is 1.72 bits per heavy atom. The molecule has 0 bridgehead atoms. The highest BCUT2D eigenvalue weighted by Gasteiger charge is 2.19. The van der Waals surface area contributed by atoms with Crippen molar-refractivity contribution in [2.45, 2.75) is 37.5 Å². The first-order valence-electron chi connectivity index (χ1n) is 8.28. The minimum Gasteiger partial charge on any atom is -0.356 e. The van der Waals surface area contributed by atoms with Gasteiger partial charge in [0, 0.05) is 26.6 Å². The average molecular weight is 368 g/mol. The Balaban J connectivity index is 1.89. The first-order valence-corrected chi connectivity index (χ1v) is 9.77. The van der Waals surface area contributed by atoms with Gasteiger partial charge in [-0.05, 0) is 37.0 Å². The zero-order valence-corrected chi connectivity index (χ0v) is 15.1. The van der Waals surface area contributed by atoms with Crippen molar-refractivity contribution in [2.24, 2.45) is 0 Å². The summed E-state index contributed by atoms with van der Waals surface area (Å²) in [4.78, 5) is 22.7. The molecule has 25 heavy (non-hydrogen) atoms. The lowest BCUT2D eigenvalue weighted by atomic mass is 10.1. The third kappa shape index (κ3) is 6.35. The largest absolute Gasteiger partial charge is 0.356 e. The summed E-state index contributed by atoms with van der Waals surface area (Å²) < 4.78 is 26.5. The van der Waals surface area contributed by atoms with Crippen LogP contribution in [0.25, 0.3) is 0 Å². The van der Waals surface area contributed by atoms with E-state index < -0.39 is 16.1 Å². The van der Waals surface area contributed by atoms with E-state index in [9.17, 15) is 18.0 Å². The zero-order valence-electron chi connectivity index (χ0n) is 14.2.